The van der Waals surface area contributed by atoms with Gasteiger partial charge >= 0.3 is 0 Å². The zero-order chi connectivity index (χ0) is 15.6. The van der Waals surface area contributed by atoms with E-state index >= 15 is 0 Å². The van der Waals surface area contributed by atoms with E-state index in [0.29, 0.717) is 22.4 Å². The second kappa shape index (κ2) is 5.83. The van der Waals surface area contributed by atoms with Gasteiger partial charge < -0.3 is 5.11 Å². The average molecular weight is 309 g/mol. The molecule has 0 aromatic heterocycles. The fourth-order valence-electron chi connectivity index (χ4n) is 1.82. The van der Waals surface area contributed by atoms with Crippen LogP contribution in [0.4, 0.5) is 10.1 Å². The summed E-state index contributed by atoms with van der Waals surface area (Å²) >= 11 is 0. The summed E-state index contributed by atoms with van der Waals surface area (Å²) < 4.78 is 40.5. The number of aliphatic hydroxyl groups excluding tert-OH is 1. The van der Waals surface area contributed by atoms with E-state index in [-0.39, 0.29) is 11.5 Å². The predicted molar refractivity (Wildman–Crippen MR) is 79.0 cm³/mol. The molecule has 0 bridgehead atoms. The van der Waals surface area contributed by atoms with E-state index in [4.69, 9.17) is 5.11 Å². The van der Waals surface area contributed by atoms with E-state index in [1.54, 1.807) is 32.0 Å². The summed E-state index contributed by atoms with van der Waals surface area (Å²) in [5.41, 5.74) is 2.05. The molecule has 0 unspecified atom stereocenters. The fraction of sp³-hybridized carbons (Fsp3) is 0.200. The van der Waals surface area contributed by atoms with Crippen molar-refractivity contribution in [2.75, 3.05) is 4.72 Å². The molecule has 0 radical (unpaired) electrons. The van der Waals surface area contributed by atoms with Crippen LogP contribution in [0.2, 0.25) is 0 Å². The Hall–Kier alpha value is -1.92. The quantitative estimate of drug-likeness (QED) is 0.912. The van der Waals surface area contributed by atoms with Crippen molar-refractivity contribution in [1.29, 1.82) is 0 Å². The van der Waals surface area contributed by atoms with Gasteiger partial charge in [0, 0.05) is 0 Å². The maximum absolute atomic E-state index is 13.5. The molecular weight excluding hydrogens is 293 g/mol. The Kier molecular flexibility index (Phi) is 4.29. The van der Waals surface area contributed by atoms with Gasteiger partial charge in [0.2, 0.25) is 0 Å². The second-order valence-electron chi connectivity index (χ2n) is 4.82. The molecule has 0 amide bonds. The number of sulfonamides is 1. The highest BCUT2D eigenvalue weighted by molar-refractivity contribution is 7.92. The van der Waals surface area contributed by atoms with Gasteiger partial charge in [0.05, 0.1) is 17.2 Å². The van der Waals surface area contributed by atoms with Crippen LogP contribution in [0.1, 0.15) is 16.7 Å². The Balaban J connectivity index is 2.39. The first-order valence-corrected chi connectivity index (χ1v) is 7.81. The maximum Gasteiger partial charge on any atom is 0.262 e. The number of anilines is 1. The maximum atomic E-state index is 13.5. The van der Waals surface area contributed by atoms with Crippen LogP contribution in [-0.4, -0.2) is 13.5 Å². The van der Waals surface area contributed by atoms with Crippen LogP contribution in [0.25, 0.3) is 0 Å². The minimum Gasteiger partial charge on any atom is -0.392 e. The first-order valence-electron chi connectivity index (χ1n) is 6.33. The topological polar surface area (TPSA) is 66.4 Å². The second-order valence-corrected chi connectivity index (χ2v) is 6.51. The van der Waals surface area contributed by atoms with Gasteiger partial charge in [-0.2, -0.15) is 0 Å². The monoisotopic (exact) mass is 309 g/mol. The largest absolute Gasteiger partial charge is 0.392 e. The van der Waals surface area contributed by atoms with Crippen molar-refractivity contribution < 1.29 is 17.9 Å². The minimum atomic E-state index is -3.87. The van der Waals surface area contributed by atoms with Crippen LogP contribution in [-0.2, 0) is 16.6 Å². The van der Waals surface area contributed by atoms with Crippen molar-refractivity contribution in [2.24, 2.45) is 0 Å². The summed E-state index contributed by atoms with van der Waals surface area (Å²) in [5.74, 6) is -0.571. The highest BCUT2D eigenvalue weighted by atomic mass is 32.2. The van der Waals surface area contributed by atoms with E-state index in [1.807, 2.05) is 0 Å². The summed E-state index contributed by atoms with van der Waals surface area (Å²) in [7, 11) is -3.87. The van der Waals surface area contributed by atoms with Crippen LogP contribution in [0, 0.1) is 19.7 Å². The summed E-state index contributed by atoms with van der Waals surface area (Å²) in [5, 5.41) is 9.11. The number of hydrogen-bond donors (Lipinski definition) is 2. The molecule has 0 heterocycles. The van der Waals surface area contributed by atoms with Gasteiger partial charge in [-0.3, -0.25) is 4.72 Å². The predicted octanol–water partition coefficient (Wildman–Crippen LogP) is 2.74. The SMILES string of the molecule is Cc1ccc(S(=O)(=O)Nc2cc(CO)ccc2C)cc1F. The number of halogens is 1. The van der Waals surface area contributed by atoms with E-state index in [0.717, 1.165) is 6.07 Å². The van der Waals surface area contributed by atoms with Crippen LogP contribution in [0.5, 0.6) is 0 Å². The molecule has 0 saturated carbocycles. The van der Waals surface area contributed by atoms with Crippen molar-refractivity contribution in [2.45, 2.75) is 25.3 Å². The van der Waals surface area contributed by atoms with Crippen molar-refractivity contribution in [3.63, 3.8) is 0 Å². The van der Waals surface area contributed by atoms with Gasteiger partial charge in [-0.1, -0.05) is 18.2 Å². The molecule has 21 heavy (non-hydrogen) atoms. The molecule has 0 fully saturated rings. The smallest absolute Gasteiger partial charge is 0.262 e. The zero-order valence-corrected chi connectivity index (χ0v) is 12.5. The zero-order valence-electron chi connectivity index (χ0n) is 11.7. The van der Waals surface area contributed by atoms with Gasteiger partial charge in [0.25, 0.3) is 10.0 Å². The molecule has 0 saturated heterocycles. The molecule has 2 rings (SSSR count). The van der Waals surface area contributed by atoms with Gasteiger partial charge in [0.1, 0.15) is 5.82 Å². The summed E-state index contributed by atoms with van der Waals surface area (Å²) in [6.07, 6.45) is 0. The number of nitrogens with one attached hydrogen (secondary N) is 1. The number of aryl methyl sites for hydroxylation is 2. The molecule has 2 N–H and O–H groups in total. The van der Waals surface area contributed by atoms with Crippen molar-refractivity contribution >= 4 is 15.7 Å². The van der Waals surface area contributed by atoms with E-state index in [9.17, 15) is 12.8 Å². The summed E-state index contributed by atoms with van der Waals surface area (Å²) in [6.45, 7) is 3.12. The van der Waals surface area contributed by atoms with Crippen molar-refractivity contribution in [3.8, 4) is 0 Å². The lowest BCUT2D eigenvalue weighted by molar-refractivity contribution is 0.282. The number of hydrogen-bond acceptors (Lipinski definition) is 3. The Labute approximate surface area is 123 Å². The summed E-state index contributed by atoms with van der Waals surface area (Å²) in [6, 6.07) is 8.73. The van der Waals surface area contributed by atoms with E-state index < -0.39 is 15.8 Å². The Morgan fingerprint density at radius 2 is 1.76 bits per heavy atom. The molecule has 2 aromatic carbocycles. The number of rotatable bonds is 4. The lowest BCUT2D eigenvalue weighted by Gasteiger charge is -2.12. The molecular formula is C15H16FNO3S. The molecule has 0 spiro atoms. The molecule has 0 atom stereocenters. The average Bonchev–Trinajstić information content (AvgIpc) is 2.44. The van der Waals surface area contributed by atoms with Crippen LogP contribution in [0.15, 0.2) is 41.3 Å². The summed E-state index contributed by atoms with van der Waals surface area (Å²) in [4.78, 5) is -0.139. The molecule has 0 aliphatic carbocycles. The van der Waals surface area contributed by atoms with Crippen LogP contribution in [0.3, 0.4) is 0 Å². The van der Waals surface area contributed by atoms with Gasteiger partial charge in [-0.25, -0.2) is 12.8 Å². The highest BCUT2D eigenvalue weighted by Gasteiger charge is 2.17. The Morgan fingerprint density at radius 1 is 1.10 bits per heavy atom. The normalized spacial score (nSPS) is 11.4. The number of benzene rings is 2. The first-order chi connectivity index (χ1) is 9.83. The highest BCUT2D eigenvalue weighted by Crippen LogP contribution is 2.22. The van der Waals surface area contributed by atoms with Gasteiger partial charge in [0.15, 0.2) is 0 Å². The molecule has 0 aliphatic heterocycles. The lowest BCUT2D eigenvalue weighted by Crippen LogP contribution is -2.14. The number of aliphatic hydroxyl groups is 1. The van der Waals surface area contributed by atoms with E-state index in [1.165, 1.54) is 12.1 Å². The fourth-order valence-corrected chi connectivity index (χ4v) is 2.95. The van der Waals surface area contributed by atoms with Crippen LogP contribution < -0.4 is 4.72 Å². The van der Waals surface area contributed by atoms with Gasteiger partial charge in [-0.15, -0.1) is 0 Å². The Bertz CT molecular complexity index is 772. The van der Waals surface area contributed by atoms with E-state index in [2.05, 4.69) is 4.72 Å². The minimum absolute atomic E-state index is 0.139. The first kappa shape index (κ1) is 15.5. The van der Waals surface area contributed by atoms with Crippen LogP contribution >= 0.6 is 0 Å². The Morgan fingerprint density at radius 3 is 2.38 bits per heavy atom. The third kappa shape index (κ3) is 3.40. The molecule has 6 heteroatoms. The van der Waals surface area contributed by atoms with Crippen molar-refractivity contribution in [1.82, 2.24) is 0 Å². The third-order valence-electron chi connectivity index (χ3n) is 3.18. The lowest BCUT2D eigenvalue weighted by atomic mass is 10.1. The molecule has 0 aliphatic rings. The molecule has 2 aromatic rings. The third-order valence-corrected chi connectivity index (χ3v) is 4.55. The molecule has 112 valence electrons. The standard InChI is InChI=1S/C15H16FNO3S/c1-10-4-6-13(8-14(10)16)21(19,20)17-15-7-12(9-18)5-3-11(15)2/h3-8,17-18H,9H2,1-2H3. The van der Waals surface area contributed by atoms with Crippen molar-refractivity contribution in [3.05, 3.63) is 58.9 Å². The molecule has 4 nitrogen and oxygen atoms in total. The van der Waals surface area contributed by atoms with Gasteiger partial charge in [-0.05, 0) is 48.7 Å².